The summed E-state index contributed by atoms with van der Waals surface area (Å²) >= 11 is 3.23. The quantitative estimate of drug-likeness (QED) is 0.789. The fourth-order valence-corrected chi connectivity index (χ4v) is 3.33. The summed E-state index contributed by atoms with van der Waals surface area (Å²) in [5.74, 6) is -0.0222. The van der Waals surface area contributed by atoms with Gasteiger partial charge in [0.25, 0.3) is 0 Å². The van der Waals surface area contributed by atoms with Gasteiger partial charge in [-0.25, -0.2) is 4.39 Å². The molecular formula is C15H18BrFO. The normalized spacial score (nSPS) is 17.9. The molecule has 1 aromatic carbocycles. The molecule has 1 saturated carbocycles. The molecule has 0 bridgehead atoms. The van der Waals surface area contributed by atoms with Gasteiger partial charge in [0.1, 0.15) is 11.6 Å². The molecule has 0 spiro atoms. The fraction of sp³-hybridized carbons (Fsp3) is 0.533. The predicted molar refractivity (Wildman–Crippen MR) is 74.0 cm³/mol. The Balaban J connectivity index is 2.18. The summed E-state index contributed by atoms with van der Waals surface area (Å²) in [5.41, 5.74) is 0.617. The van der Waals surface area contributed by atoms with Crippen LogP contribution in [0.2, 0.25) is 0 Å². The fourth-order valence-electron chi connectivity index (χ4n) is 2.93. The second kappa shape index (κ2) is 5.52. The van der Waals surface area contributed by atoms with Crippen molar-refractivity contribution in [2.75, 3.05) is 0 Å². The molecule has 0 amide bonds. The van der Waals surface area contributed by atoms with Crippen molar-refractivity contribution in [1.82, 2.24) is 0 Å². The van der Waals surface area contributed by atoms with Crippen LogP contribution in [-0.4, -0.2) is 5.78 Å². The van der Waals surface area contributed by atoms with Crippen LogP contribution in [0, 0.1) is 11.2 Å². The first-order valence-electron chi connectivity index (χ1n) is 6.55. The maximum Gasteiger partial charge on any atom is 0.143 e. The highest BCUT2D eigenvalue weighted by molar-refractivity contribution is 9.10. The molecule has 1 aromatic rings. The molecule has 0 atom stereocenters. The van der Waals surface area contributed by atoms with Crippen molar-refractivity contribution in [3.8, 4) is 0 Å². The Labute approximate surface area is 116 Å². The van der Waals surface area contributed by atoms with Crippen molar-refractivity contribution < 1.29 is 9.18 Å². The van der Waals surface area contributed by atoms with Gasteiger partial charge >= 0.3 is 0 Å². The van der Waals surface area contributed by atoms with Gasteiger partial charge in [-0.1, -0.05) is 31.9 Å². The minimum atomic E-state index is -0.294. The molecule has 0 saturated heterocycles. The number of ketones is 1. The minimum absolute atomic E-state index is 0.147. The van der Waals surface area contributed by atoms with Crippen molar-refractivity contribution in [2.24, 2.45) is 5.41 Å². The highest BCUT2D eigenvalue weighted by Crippen LogP contribution is 2.42. The van der Waals surface area contributed by atoms with Gasteiger partial charge in [0.2, 0.25) is 0 Å². The van der Waals surface area contributed by atoms with Gasteiger partial charge in [-0.15, -0.1) is 0 Å². The molecule has 0 N–H and O–H groups in total. The number of carbonyl (C=O) groups is 1. The van der Waals surface area contributed by atoms with E-state index in [0.29, 0.717) is 10.9 Å². The van der Waals surface area contributed by atoms with Gasteiger partial charge in [0, 0.05) is 11.8 Å². The van der Waals surface area contributed by atoms with Crippen molar-refractivity contribution in [3.63, 3.8) is 0 Å². The van der Waals surface area contributed by atoms with Crippen LogP contribution < -0.4 is 0 Å². The molecule has 0 unspecified atom stereocenters. The van der Waals surface area contributed by atoms with Gasteiger partial charge in [-0.3, -0.25) is 4.79 Å². The van der Waals surface area contributed by atoms with Crippen molar-refractivity contribution in [3.05, 3.63) is 34.1 Å². The zero-order valence-corrected chi connectivity index (χ0v) is 12.2. The molecule has 98 valence electrons. The van der Waals surface area contributed by atoms with E-state index in [0.717, 1.165) is 37.7 Å². The summed E-state index contributed by atoms with van der Waals surface area (Å²) in [6, 6.07) is 4.89. The lowest BCUT2D eigenvalue weighted by atomic mass is 9.77. The molecule has 1 fully saturated rings. The van der Waals surface area contributed by atoms with Gasteiger partial charge < -0.3 is 0 Å². The molecule has 18 heavy (non-hydrogen) atoms. The summed E-state index contributed by atoms with van der Waals surface area (Å²) in [7, 11) is 0. The van der Waals surface area contributed by atoms with Crippen LogP contribution in [0.1, 0.15) is 44.6 Å². The number of halogens is 2. The maximum absolute atomic E-state index is 13.4. The molecule has 0 aromatic heterocycles. The number of rotatable bonds is 4. The number of hydrogen-bond donors (Lipinski definition) is 0. The molecule has 0 heterocycles. The number of benzene rings is 1. The zero-order valence-electron chi connectivity index (χ0n) is 10.6. The summed E-state index contributed by atoms with van der Waals surface area (Å²) < 4.78 is 13.9. The Morgan fingerprint density at radius 2 is 2.06 bits per heavy atom. The van der Waals surface area contributed by atoms with E-state index in [2.05, 4.69) is 22.9 Å². The lowest BCUT2D eigenvalue weighted by Crippen LogP contribution is -2.29. The van der Waals surface area contributed by atoms with E-state index in [9.17, 15) is 9.18 Å². The second-order valence-corrected chi connectivity index (χ2v) is 5.95. The summed E-state index contributed by atoms with van der Waals surface area (Å²) in [6.45, 7) is 2.09. The molecule has 1 aliphatic rings. The third-order valence-corrected chi connectivity index (χ3v) is 5.10. The molecule has 2 rings (SSSR count). The summed E-state index contributed by atoms with van der Waals surface area (Å²) in [5, 5.41) is 0. The van der Waals surface area contributed by atoms with E-state index in [1.54, 1.807) is 6.07 Å². The first-order chi connectivity index (χ1) is 8.59. The predicted octanol–water partition coefficient (Wildman–Crippen LogP) is 4.67. The van der Waals surface area contributed by atoms with E-state index >= 15 is 0 Å². The average molecular weight is 313 g/mol. The Morgan fingerprint density at radius 1 is 1.39 bits per heavy atom. The topological polar surface area (TPSA) is 17.1 Å². The first-order valence-corrected chi connectivity index (χ1v) is 7.34. The molecule has 3 heteroatoms. The van der Waals surface area contributed by atoms with E-state index in [-0.39, 0.29) is 17.0 Å². The van der Waals surface area contributed by atoms with Crippen molar-refractivity contribution in [1.29, 1.82) is 0 Å². The minimum Gasteiger partial charge on any atom is -0.299 e. The van der Waals surface area contributed by atoms with Crippen LogP contribution in [0.3, 0.4) is 0 Å². The van der Waals surface area contributed by atoms with E-state index in [4.69, 9.17) is 0 Å². The Morgan fingerprint density at radius 3 is 2.67 bits per heavy atom. The monoisotopic (exact) mass is 312 g/mol. The van der Waals surface area contributed by atoms with Crippen LogP contribution in [0.4, 0.5) is 4.39 Å². The highest BCUT2D eigenvalue weighted by Gasteiger charge is 2.38. The Hall–Kier alpha value is -0.700. The smallest absolute Gasteiger partial charge is 0.143 e. The van der Waals surface area contributed by atoms with Gasteiger partial charge in [0.05, 0.1) is 4.47 Å². The van der Waals surface area contributed by atoms with Crippen LogP contribution in [-0.2, 0) is 11.2 Å². The zero-order chi connectivity index (χ0) is 13.2. The number of carbonyl (C=O) groups excluding carboxylic acids is 1. The third-order valence-electron chi connectivity index (χ3n) is 4.21. The molecule has 1 aliphatic carbocycles. The highest BCUT2D eigenvalue weighted by atomic mass is 79.9. The van der Waals surface area contributed by atoms with Crippen LogP contribution in [0.15, 0.2) is 22.7 Å². The van der Waals surface area contributed by atoms with E-state index < -0.39 is 0 Å². The second-order valence-electron chi connectivity index (χ2n) is 5.15. The van der Waals surface area contributed by atoms with E-state index in [1.807, 2.05) is 6.07 Å². The summed E-state index contributed by atoms with van der Waals surface area (Å²) in [4.78, 5) is 12.5. The lowest BCUT2D eigenvalue weighted by molar-refractivity contribution is -0.128. The molecule has 0 aliphatic heterocycles. The van der Waals surface area contributed by atoms with E-state index in [1.165, 1.54) is 6.07 Å². The lowest BCUT2D eigenvalue weighted by Gasteiger charge is -2.26. The SMILES string of the molecule is CCC1(C(=O)Cc2cccc(F)c2Br)CCCC1. The first kappa shape index (κ1) is 13.7. The molecule has 1 nitrogen and oxygen atoms in total. The Kier molecular flexibility index (Phi) is 4.21. The van der Waals surface area contributed by atoms with Crippen LogP contribution >= 0.6 is 15.9 Å². The van der Waals surface area contributed by atoms with Crippen LogP contribution in [0.5, 0.6) is 0 Å². The van der Waals surface area contributed by atoms with Gasteiger partial charge in [-0.05, 0) is 46.8 Å². The average Bonchev–Trinajstić information content (AvgIpc) is 2.85. The summed E-state index contributed by atoms with van der Waals surface area (Å²) in [6.07, 6.45) is 5.52. The standard InChI is InChI=1S/C15H18BrFO/c1-2-15(8-3-4-9-15)13(18)10-11-6-5-7-12(17)14(11)16/h5-7H,2-4,8-10H2,1H3. The number of Topliss-reactive ketones (excluding diaryl/α,β-unsaturated/α-hetero) is 1. The maximum atomic E-state index is 13.4. The third kappa shape index (κ3) is 2.51. The Bertz CT molecular complexity index is 450. The van der Waals surface area contributed by atoms with Gasteiger partial charge in [-0.2, -0.15) is 0 Å². The largest absolute Gasteiger partial charge is 0.299 e. The number of hydrogen-bond acceptors (Lipinski definition) is 1. The van der Waals surface area contributed by atoms with Crippen molar-refractivity contribution >= 4 is 21.7 Å². The molecule has 0 radical (unpaired) electrons. The van der Waals surface area contributed by atoms with Gasteiger partial charge in [0.15, 0.2) is 0 Å². The van der Waals surface area contributed by atoms with Crippen LogP contribution in [0.25, 0.3) is 0 Å². The van der Waals surface area contributed by atoms with Crippen molar-refractivity contribution in [2.45, 2.75) is 45.4 Å². The molecular weight excluding hydrogens is 295 g/mol.